The Balaban J connectivity index is 2.37. The van der Waals surface area contributed by atoms with Crippen LogP contribution in [0.2, 0.25) is 0 Å². The highest BCUT2D eigenvalue weighted by molar-refractivity contribution is 5.67. The molecule has 0 aromatic rings. The van der Waals surface area contributed by atoms with Crippen LogP contribution < -0.4 is 0 Å². The fraction of sp³-hybridized carbons (Fsp3) is 0.900. The van der Waals surface area contributed by atoms with Crippen LogP contribution in [0.3, 0.4) is 0 Å². The van der Waals surface area contributed by atoms with Crippen LogP contribution in [0.5, 0.6) is 0 Å². The van der Waals surface area contributed by atoms with E-state index in [-0.39, 0.29) is 18.7 Å². The van der Waals surface area contributed by atoms with Crippen molar-refractivity contribution in [1.82, 2.24) is 4.90 Å². The lowest BCUT2D eigenvalue weighted by atomic mass is 9.86. The molecule has 1 rings (SSSR count). The second kappa shape index (κ2) is 5.20. The van der Waals surface area contributed by atoms with Gasteiger partial charge in [0.1, 0.15) is 0 Å². The second-order valence-electron chi connectivity index (χ2n) is 3.94. The Morgan fingerprint density at radius 2 is 2.00 bits per heavy atom. The molecule has 1 amide bonds. The Bertz CT molecular complexity index is 188. The van der Waals surface area contributed by atoms with Gasteiger partial charge in [0.05, 0.1) is 7.11 Å². The Labute approximate surface area is 84.8 Å². The first-order valence-electron chi connectivity index (χ1n) is 5.10. The van der Waals surface area contributed by atoms with Crippen molar-refractivity contribution in [2.45, 2.75) is 31.7 Å². The lowest BCUT2D eigenvalue weighted by molar-refractivity contribution is 0.0933. The van der Waals surface area contributed by atoms with Gasteiger partial charge in [-0.15, -0.1) is 0 Å². The third kappa shape index (κ3) is 2.61. The second-order valence-corrected chi connectivity index (χ2v) is 3.94. The number of hydrogen-bond donors (Lipinski definition) is 1. The van der Waals surface area contributed by atoms with Crippen molar-refractivity contribution in [3.63, 3.8) is 0 Å². The Hall–Kier alpha value is -0.770. The van der Waals surface area contributed by atoms with Crippen LogP contribution in [0.1, 0.15) is 25.7 Å². The molecule has 0 radical (unpaired) electrons. The number of carbonyl (C=O) groups excluding carboxylic acids is 1. The molecule has 1 aliphatic rings. The van der Waals surface area contributed by atoms with E-state index in [0.29, 0.717) is 5.92 Å². The minimum Gasteiger partial charge on any atom is -0.453 e. The quantitative estimate of drug-likeness (QED) is 0.731. The van der Waals surface area contributed by atoms with Gasteiger partial charge in [-0.25, -0.2) is 4.79 Å². The monoisotopic (exact) mass is 201 g/mol. The molecule has 4 heteroatoms. The van der Waals surface area contributed by atoms with Gasteiger partial charge in [-0.05, 0) is 31.6 Å². The lowest BCUT2D eigenvalue weighted by Gasteiger charge is -2.33. The van der Waals surface area contributed by atoms with Crippen molar-refractivity contribution in [1.29, 1.82) is 0 Å². The Morgan fingerprint density at radius 1 is 1.43 bits per heavy atom. The molecule has 14 heavy (non-hydrogen) atoms. The molecule has 0 aliphatic heterocycles. The van der Waals surface area contributed by atoms with Crippen molar-refractivity contribution < 1.29 is 14.6 Å². The number of rotatable bonds is 2. The van der Waals surface area contributed by atoms with Crippen LogP contribution in [0.15, 0.2) is 0 Å². The summed E-state index contributed by atoms with van der Waals surface area (Å²) in [7, 11) is 3.17. The average Bonchev–Trinajstić information content (AvgIpc) is 2.27. The normalized spacial score (nSPS) is 27.1. The topological polar surface area (TPSA) is 49.8 Å². The molecule has 0 saturated heterocycles. The Morgan fingerprint density at radius 3 is 2.43 bits per heavy atom. The van der Waals surface area contributed by atoms with Crippen LogP contribution in [0, 0.1) is 5.92 Å². The fourth-order valence-corrected chi connectivity index (χ4v) is 2.01. The largest absolute Gasteiger partial charge is 0.453 e. The summed E-state index contributed by atoms with van der Waals surface area (Å²) in [5.41, 5.74) is 0. The van der Waals surface area contributed by atoms with Crippen molar-refractivity contribution in [2.75, 3.05) is 20.8 Å². The Kier molecular flexibility index (Phi) is 4.20. The first-order valence-corrected chi connectivity index (χ1v) is 5.10. The SMILES string of the molecule is COC(=O)N(C)C1CCC(CO)CC1. The molecule has 0 spiro atoms. The van der Waals surface area contributed by atoms with E-state index in [1.807, 2.05) is 0 Å². The summed E-state index contributed by atoms with van der Waals surface area (Å²) in [5, 5.41) is 8.97. The maximum Gasteiger partial charge on any atom is 0.409 e. The maximum absolute atomic E-state index is 11.2. The number of amides is 1. The summed E-state index contributed by atoms with van der Waals surface area (Å²) in [6.07, 6.45) is 3.68. The average molecular weight is 201 g/mol. The van der Waals surface area contributed by atoms with E-state index in [1.54, 1.807) is 11.9 Å². The molecule has 0 aromatic carbocycles. The smallest absolute Gasteiger partial charge is 0.409 e. The predicted octanol–water partition coefficient (Wildman–Crippen LogP) is 1.24. The van der Waals surface area contributed by atoms with E-state index < -0.39 is 0 Å². The molecule has 0 atom stereocenters. The van der Waals surface area contributed by atoms with Crippen LogP contribution in [0.4, 0.5) is 4.79 Å². The summed E-state index contributed by atoms with van der Waals surface area (Å²) in [6.45, 7) is 0.272. The minimum atomic E-state index is -0.266. The van der Waals surface area contributed by atoms with Gasteiger partial charge in [-0.2, -0.15) is 0 Å². The predicted molar refractivity (Wildman–Crippen MR) is 53.0 cm³/mol. The van der Waals surface area contributed by atoms with Gasteiger partial charge in [-0.3, -0.25) is 0 Å². The summed E-state index contributed by atoms with van der Waals surface area (Å²) in [4.78, 5) is 12.9. The standard InChI is InChI=1S/C10H19NO3/c1-11(10(13)14-2)9-5-3-8(7-12)4-6-9/h8-9,12H,3-7H2,1-2H3. The molecule has 0 unspecified atom stereocenters. The van der Waals surface area contributed by atoms with Crippen molar-refractivity contribution in [3.05, 3.63) is 0 Å². The zero-order valence-electron chi connectivity index (χ0n) is 8.90. The molecule has 1 fully saturated rings. The number of carbonyl (C=O) groups is 1. The summed E-state index contributed by atoms with van der Waals surface area (Å²) < 4.78 is 4.66. The van der Waals surface area contributed by atoms with Gasteiger partial charge in [0.25, 0.3) is 0 Å². The van der Waals surface area contributed by atoms with Crippen LogP contribution in [-0.4, -0.2) is 42.9 Å². The third-order valence-electron chi connectivity index (χ3n) is 3.08. The molecule has 0 aromatic heterocycles. The molecule has 0 heterocycles. The molecule has 1 saturated carbocycles. The molecular formula is C10H19NO3. The van der Waals surface area contributed by atoms with Crippen LogP contribution in [0.25, 0.3) is 0 Å². The maximum atomic E-state index is 11.2. The van der Waals surface area contributed by atoms with Gasteiger partial charge in [0.15, 0.2) is 0 Å². The highest BCUT2D eigenvalue weighted by Crippen LogP contribution is 2.26. The lowest BCUT2D eigenvalue weighted by Crippen LogP contribution is -2.39. The van der Waals surface area contributed by atoms with E-state index >= 15 is 0 Å². The number of hydrogen-bond acceptors (Lipinski definition) is 3. The highest BCUT2D eigenvalue weighted by atomic mass is 16.5. The van der Waals surface area contributed by atoms with E-state index in [9.17, 15) is 4.79 Å². The number of ether oxygens (including phenoxy) is 1. The third-order valence-corrected chi connectivity index (χ3v) is 3.08. The zero-order valence-corrected chi connectivity index (χ0v) is 8.90. The van der Waals surface area contributed by atoms with E-state index in [1.165, 1.54) is 7.11 Å². The summed E-state index contributed by atoms with van der Waals surface area (Å²) in [6, 6.07) is 0.283. The van der Waals surface area contributed by atoms with Gasteiger partial charge < -0.3 is 14.7 Å². The van der Waals surface area contributed by atoms with Crippen molar-refractivity contribution >= 4 is 6.09 Å². The molecule has 1 N–H and O–H groups in total. The van der Waals surface area contributed by atoms with Crippen LogP contribution in [-0.2, 0) is 4.74 Å². The number of aliphatic hydroxyl groups excluding tert-OH is 1. The molecule has 1 aliphatic carbocycles. The van der Waals surface area contributed by atoms with Gasteiger partial charge in [0, 0.05) is 19.7 Å². The number of nitrogens with zero attached hydrogens (tertiary/aromatic N) is 1. The van der Waals surface area contributed by atoms with E-state index in [2.05, 4.69) is 4.74 Å². The van der Waals surface area contributed by atoms with Gasteiger partial charge in [-0.1, -0.05) is 0 Å². The molecule has 82 valence electrons. The molecule has 4 nitrogen and oxygen atoms in total. The van der Waals surface area contributed by atoms with Crippen molar-refractivity contribution in [3.8, 4) is 0 Å². The van der Waals surface area contributed by atoms with Crippen molar-refractivity contribution in [2.24, 2.45) is 5.92 Å². The summed E-state index contributed by atoms with van der Waals surface area (Å²) in [5.74, 6) is 0.428. The zero-order chi connectivity index (χ0) is 10.6. The first kappa shape index (κ1) is 11.3. The minimum absolute atomic E-state index is 0.266. The van der Waals surface area contributed by atoms with E-state index in [4.69, 9.17) is 5.11 Å². The number of methoxy groups -OCH3 is 1. The van der Waals surface area contributed by atoms with Crippen LogP contribution >= 0.6 is 0 Å². The molecule has 0 bridgehead atoms. The number of aliphatic hydroxyl groups is 1. The summed E-state index contributed by atoms with van der Waals surface area (Å²) >= 11 is 0. The van der Waals surface area contributed by atoms with Gasteiger partial charge >= 0.3 is 6.09 Å². The first-order chi connectivity index (χ1) is 6.69. The molecular weight excluding hydrogens is 182 g/mol. The fourth-order valence-electron chi connectivity index (χ4n) is 2.01. The van der Waals surface area contributed by atoms with E-state index in [0.717, 1.165) is 25.7 Å². The highest BCUT2D eigenvalue weighted by Gasteiger charge is 2.26. The van der Waals surface area contributed by atoms with Gasteiger partial charge in [0.2, 0.25) is 0 Å².